The minimum absolute atomic E-state index is 0.170. The smallest absolute Gasteiger partial charge is 0.260 e. The zero-order valence-corrected chi connectivity index (χ0v) is 27.2. The molecule has 5 saturated carbocycles. The molecule has 8 atom stereocenters. The summed E-state index contributed by atoms with van der Waals surface area (Å²) in [6.07, 6.45) is 24.2. The van der Waals surface area contributed by atoms with Crippen LogP contribution in [0.2, 0.25) is 0 Å². The molecule has 0 radical (unpaired) electrons. The molecule has 0 spiro atoms. The number of fused-ring (bicyclic) bond motifs is 7. The summed E-state index contributed by atoms with van der Waals surface area (Å²) in [7, 11) is -1.17. The van der Waals surface area contributed by atoms with Gasteiger partial charge in [0.2, 0.25) is 0 Å². The van der Waals surface area contributed by atoms with Gasteiger partial charge in [-0.1, -0.05) is 118 Å². The maximum atomic E-state index is 7.64. The molecule has 6 aliphatic rings. The molecule has 2 aromatic rings. The quantitative estimate of drug-likeness (QED) is 0.319. The maximum Gasteiger partial charge on any atom is 0.260 e. The summed E-state index contributed by atoms with van der Waals surface area (Å²) in [5.74, 6) is 5.01. The summed E-state index contributed by atoms with van der Waals surface area (Å²) in [5, 5.41) is 0. The van der Waals surface area contributed by atoms with E-state index in [1.54, 1.807) is 0 Å². The van der Waals surface area contributed by atoms with Crippen LogP contribution in [-0.4, -0.2) is 22.9 Å². The first-order valence-electron chi connectivity index (χ1n) is 18.4. The molecule has 0 bridgehead atoms. The van der Waals surface area contributed by atoms with Crippen molar-refractivity contribution in [3.8, 4) is 0 Å². The zero-order valence-electron chi connectivity index (χ0n) is 26.3. The molecular formula is C39H54NO2P. The van der Waals surface area contributed by atoms with E-state index in [9.17, 15) is 0 Å². The van der Waals surface area contributed by atoms with Crippen molar-refractivity contribution in [2.45, 2.75) is 133 Å². The third-order valence-electron chi connectivity index (χ3n) is 13.0. The van der Waals surface area contributed by atoms with Gasteiger partial charge in [-0.05, 0) is 98.0 Å². The first kappa shape index (κ1) is 29.2. The predicted molar refractivity (Wildman–Crippen MR) is 176 cm³/mol. The molecule has 1 heterocycles. The lowest BCUT2D eigenvalue weighted by Gasteiger charge is -2.53. The SMILES string of the molecule is c1ccc(C(c2ccccc2)N(C2CCCCC2)P2OC3CCC4CCCCC4C3C3C(CCC4CCCCC43)O2)cc1. The van der Waals surface area contributed by atoms with Gasteiger partial charge in [-0.2, -0.15) is 0 Å². The molecule has 43 heavy (non-hydrogen) atoms. The van der Waals surface area contributed by atoms with Crippen LogP contribution in [0.5, 0.6) is 0 Å². The number of hydrogen-bond acceptors (Lipinski definition) is 3. The minimum Gasteiger partial charge on any atom is -0.318 e. The van der Waals surface area contributed by atoms with Crippen molar-refractivity contribution in [3.05, 3.63) is 71.8 Å². The highest BCUT2D eigenvalue weighted by molar-refractivity contribution is 7.44. The van der Waals surface area contributed by atoms with Crippen LogP contribution < -0.4 is 0 Å². The standard InChI is InChI=1S/C39H54NO2P/c1-4-16-30(17-5-1)39(31-18-6-2-7-19-31)40(32-20-8-3-9-21-32)43-41-35-26-24-28-14-10-12-22-33(28)37(35)38-34-23-13-11-15-29(34)25-27-36(38)42-43/h1-2,4-7,16-19,28-29,32-39H,3,8-15,20-27H2. The van der Waals surface area contributed by atoms with Crippen LogP contribution in [0, 0.1) is 35.5 Å². The Morgan fingerprint density at radius 3 is 1.49 bits per heavy atom. The monoisotopic (exact) mass is 599 g/mol. The first-order chi connectivity index (χ1) is 21.3. The van der Waals surface area contributed by atoms with E-state index in [1.807, 2.05) is 0 Å². The number of benzene rings is 2. The van der Waals surface area contributed by atoms with E-state index < -0.39 is 8.53 Å². The summed E-state index contributed by atoms with van der Waals surface area (Å²) in [6.45, 7) is 0. The Hall–Kier alpha value is -1.25. The van der Waals surface area contributed by atoms with Gasteiger partial charge >= 0.3 is 0 Å². The van der Waals surface area contributed by atoms with Gasteiger partial charge in [0.1, 0.15) is 0 Å². The Bertz CT molecular complexity index is 1090. The van der Waals surface area contributed by atoms with Crippen LogP contribution in [-0.2, 0) is 9.05 Å². The Morgan fingerprint density at radius 2 is 0.977 bits per heavy atom. The van der Waals surface area contributed by atoms with Crippen molar-refractivity contribution in [2.75, 3.05) is 0 Å². The largest absolute Gasteiger partial charge is 0.318 e. The van der Waals surface area contributed by atoms with Crippen molar-refractivity contribution >= 4 is 8.53 Å². The van der Waals surface area contributed by atoms with E-state index in [0.29, 0.717) is 30.1 Å². The van der Waals surface area contributed by atoms with Gasteiger partial charge in [0, 0.05) is 6.04 Å². The topological polar surface area (TPSA) is 21.7 Å². The molecule has 1 saturated heterocycles. The lowest BCUT2D eigenvalue weighted by molar-refractivity contribution is -0.0856. The number of nitrogens with zero attached hydrogens (tertiary/aromatic N) is 1. The van der Waals surface area contributed by atoms with Crippen molar-refractivity contribution in [2.24, 2.45) is 35.5 Å². The third-order valence-corrected chi connectivity index (χ3v) is 14.8. The molecule has 0 aromatic heterocycles. The molecule has 3 nitrogen and oxygen atoms in total. The molecule has 232 valence electrons. The van der Waals surface area contributed by atoms with Crippen LogP contribution >= 0.6 is 8.53 Å². The third kappa shape index (κ3) is 5.80. The summed E-state index contributed by atoms with van der Waals surface area (Å²) in [4.78, 5) is 0. The summed E-state index contributed by atoms with van der Waals surface area (Å²) in [5.41, 5.74) is 2.77. The lowest BCUT2D eigenvalue weighted by atomic mass is 9.53. The molecule has 4 heteroatoms. The number of hydrogen-bond donors (Lipinski definition) is 0. The molecule has 5 aliphatic carbocycles. The Morgan fingerprint density at radius 1 is 0.512 bits per heavy atom. The van der Waals surface area contributed by atoms with Gasteiger partial charge in [0.15, 0.2) is 0 Å². The second-order valence-electron chi connectivity index (χ2n) is 15.1. The molecule has 1 aliphatic heterocycles. The van der Waals surface area contributed by atoms with Gasteiger partial charge in [0.05, 0.1) is 18.2 Å². The molecule has 0 N–H and O–H groups in total. The minimum atomic E-state index is -1.17. The maximum absolute atomic E-state index is 7.64. The van der Waals surface area contributed by atoms with E-state index in [4.69, 9.17) is 9.05 Å². The Balaban J connectivity index is 1.21. The first-order valence-corrected chi connectivity index (χ1v) is 19.5. The molecule has 8 unspecified atom stereocenters. The van der Waals surface area contributed by atoms with E-state index >= 15 is 0 Å². The van der Waals surface area contributed by atoms with Gasteiger partial charge < -0.3 is 9.05 Å². The number of rotatable bonds is 5. The second-order valence-corrected chi connectivity index (χ2v) is 16.5. The highest BCUT2D eigenvalue weighted by Crippen LogP contribution is 2.65. The van der Waals surface area contributed by atoms with Crippen LogP contribution in [0.15, 0.2) is 60.7 Å². The fourth-order valence-corrected chi connectivity index (χ4v) is 13.3. The van der Waals surface area contributed by atoms with Gasteiger partial charge in [-0.25, -0.2) is 4.67 Å². The molecule has 2 aromatic carbocycles. The van der Waals surface area contributed by atoms with Crippen LogP contribution in [0.25, 0.3) is 0 Å². The van der Waals surface area contributed by atoms with E-state index in [0.717, 1.165) is 23.7 Å². The Kier molecular flexibility index (Phi) is 8.98. The van der Waals surface area contributed by atoms with Crippen molar-refractivity contribution < 1.29 is 9.05 Å². The van der Waals surface area contributed by atoms with E-state index in [2.05, 4.69) is 65.3 Å². The summed E-state index contributed by atoms with van der Waals surface area (Å²) >= 11 is 0. The van der Waals surface area contributed by atoms with Gasteiger partial charge in [0.25, 0.3) is 8.53 Å². The molecule has 0 amide bonds. The van der Waals surface area contributed by atoms with Crippen LogP contribution in [0.4, 0.5) is 0 Å². The fourth-order valence-electron chi connectivity index (χ4n) is 11.1. The average Bonchev–Trinajstić information content (AvgIpc) is 3.25. The fraction of sp³-hybridized carbons (Fsp3) is 0.692. The summed E-state index contributed by atoms with van der Waals surface area (Å²) in [6, 6.07) is 23.3. The predicted octanol–water partition coefficient (Wildman–Crippen LogP) is 10.9. The molecular weight excluding hydrogens is 545 g/mol. The highest BCUT2D eigenvalue weighted by atomic mass is 31.2. The van der Waals surface area contributed by atoms with E-state index in [-0.39, 0.29) is 6.04 Å². The van der Waals surface area contributed by atoms with Crippen molar-refractivity contribution in [1.82, 2.24) is 4.67 Å². The van der Waals surface area contributed by atoms with Gasteiger partial charge in [-0.15, -0.1) is 0 Å². The summed E-state index contributed by atoms with van der Waals surface area (Å²) < 4.78 is 18.1. The van der Waals surface area contributed by atoms with Crippen molar-refractivity contribution in [1.29, 1.82) is 0 Å². The van der Waals surface area contributed by atoms with Crippen LogP contribution in [0.1, 0.15) is 126 Å². The average molecular weight is 600 g/mol. The normalized spacial score (nSPS) is 38.4. The second kappa shape index (κ2) is 13.2. The van der Waals surface area contributed by atoms with Crippen molar-refractivity contribution in [3.63, 3.8) is 0 Å². The molecule has 6 fully saturated rings. The van der Waals surface area contributed by atoms with Gasteiger partial charge in [-0.3, -0.25) is 0 Å². The highest BCUT2D eigenvalue weighted by Gasteiger charge is 2.56. The van der Waals surface area contributed by atoms with E-state index in [1.165, 1.54) is 120 Å². The van der Waals surface area contributed by atoms with Crippen LogP contribution in [0.3, 0.4) is 0 Å². The lowest BCUT2D eigenvalue weighted by Crippen LogP contribution is -2.51. The Labute approximate surface area is 262 Å². The molecule has 8 rings (SSSR count). The zero-order chi connectivity index (χ0) is 28.6.